The zero-order valence-corrected chi connectivity index (χ0v) is 39.8. The van der Waals surface area contributed by atoms with Crippen LogP contribution in [0.25, 0.3) is 72.6 Å². The van der Waals surface area contributed by atoms with Gasteiger partial charge in [-0.15, -0.1) is 17.7 Å². The zero-order valence-electron chi connectivity index (χ0n) is 35.3. The first kappa shape index (κ1) is 42.0. The van der Waals surface area contributed by atoms with Crippen LogP contribution < -0.4 is 4.40 Å². The molecule has 0 saturated carbocycles. The van der Waals surface area contributed by atoms with Gasteiger partial charge in [-0.2, -0.15) is 0 Å². The van der Waals surface area contributed by atoms with E-state index in [1.54, 1.807) is 0 Å². The SMILES string of the molecule is Cc1c[c-]c(-c2nc3ccccc3n2-c2ccc(C(C)(C)C)cc2-c2ccccc2)c2oc3nc(C(C)C)ccc3c12.[CH3][Ge]([CH3])([CH3])[c]1ccc(-c2[c-]cccc2)nc1.[Ir]. The van der Waals surface area contributed by atoms with Crippen molar-refractivity contribution in [3.8, 4) is 39.5 Å². The van der Waals surface area contributed by atoms with E-state index in [1.165, 1.54) is 9.96 Å². The standard InChI is InChI=1S/C38H34N3O.C14H16GeN.Ir/c1-23(2)30-20-19-27-34-24(3)16-18-28(35(34)42-37(27)40-30)36-39-31-14-10-11-15-33(31)41(36)32-21-17-26(38(4,5)6)22-29(32)25-12-8-7-9-13-25;1-15(2,3)13-9-10-14(16-11-13)12-7-5-4-6-8-12;/h7-17,19-23H,1-6H3;4-7,9-11H,1-3H3;/q2*-1;. The molecular weight excluding hydrogens is 961 g/mol. The molecule has 9 aromatic rings. The number of fused-ring (bicyclic) bond motifs is 4. The molecule has 0 N–H and O–H groups in total. The maximum Gasteiger partial charge on any atom is 0 e. The van der Waals surface area contributed by atoms with Gasteiger partial charge in [-0.1, -0.05) is 101 Å². The van der Waals surface area contributed by atoms with E-state index in [1.807, 2.05) is 42.6 Å². The molecule has 0 saturated heterocycles. The fraction of sp³-hybridized carbons (Fsp3) is 0.212. The molecule has 4 heterocycles. The van der Waals surface area contributed by atoms with Crippen LogP contribution in [-0.4, -0.2) is 32.8 Å². The quantitative estimate of drug-likeness (QED) is 0.123. The molecule has 0 aliphatic heterocycles. The molecule has 4 aromatic heterocycles. The van der Waals surface area contributed by atoms with Gasteiger partial charge in [0.1, 0.15) is 0 Å². The van der Waals surface area contributed by atoms with Crippen molar-refractivity contribution in [1.29, 1.82) is 0 Å². The number of furan rings is 1. The Balaban J connectivity index is 0.000000262. The van der Waals surface area contributed by atoms with Crippen molar-refractivity contribution >= 4 is 50.8 Å². The first-order valence-corrected chi connectivity index (χ1v) is 27.5. The summed E-state index contributed by atoms with van der Waals surface area (Å²) in [5, 5.41) is 2.08. The van der Waals surface area contributed by atoms with E-state index >= 15 is 0 Å². The van der Waals surface area contributed by atoms with Gasteiger partial charge < -0.3 is 8.98 Å². The van der Waals surface area contributed by atoms with Gasteiger partial charge in [0, 0.05) is 42.4 Å². The Hall–Kier alpha value is -5.14. The average Bonchev–Trinajstić information content (AvgIpc) is 3.80. The molecule has 299 valence electrons. The smallest absolute Gasteiger partial charge is 0 e. The zero-order chi connectivity index (χ0) is 40.8. The van der Waals surface area contributed by atoms with Crippen molar-refractivity contribution in [2.45, 2.75) is 70.1 Å². The minimum Gasteiger partial charge on any atom is 0 e. The third-order valence-corrected chi connectivity index (χ3v) is 15.1. The molecule has 0 aliphatic carbocycles. The summed E-state index contributed by atoms with van der Waals surface area (Å²) in [6.07, 6.45) is 2.04. The number of para-hydroxylation sites is 2. The van der Waals surface area contributed by atoms with Crippen LogP contribution in [0.5, 0.6) is 0 Å². The fourth-order valence-corrected chi connectivity index (χ4v) is 9.57. The van der Waals surface area contributed by atoms with E-state index in [2.05, 4.69) is 171 Å². The maximum atomic E-state index is 6.58. The largest absolute Gasteiger partial charge is 0 e. The van der Waals surface area contributed by atoms with Crippen LogP contribution in [0.4, 0.5) is 0 Å². The number of pyridine rings is 2. The topological polar surface area (TPSA) is 56.7 Å². The van der Waals surface area contributed by atoms with Gasteiger partial charge in [0.15, 0.2) is 0 Å². The Morgan fingerprint density at radius 1 is 0.780 bits per heavy atom. The van der Waals surface area contributed by atoms with Crippen LogP contribution >= 0.6 is 0 Å². The van der Waals surface area contributed by atoms with Crippen molar-refractivity contribution in [3.63, 3.8) is 0 Å². The third-order valence-electron chi connectivity index (χ3n) is 10.8. The fourth-order valence-electron chi connectivity index (χ4n) is 7.40. The van der Waals surface area contributed by atoms with Crippen LogP contribution in [0.2, 0.25) is 17.3 Å². The van der Waals surface area contributed by atoms with Gasteiger partial charge >= 0.3 is 99.8 Å². The molecule has 0 unspecified atom stereocenters. The molecule has 0 bridgehead atoms. The molecular formula is C52H50GeIrN4O-2. The summed E-state index contributed by atoms with van der Waals surface area (Å²) in [6.45, 7) is 13.2. The predicted molar refractivity (Wildman–Crippen MR) is 245 cm³/mol. The Kier molecular flexibility index (Phi) is 12.0. The first-order valence-electron chi connectivity index (χ1n) is 20.1. The van der Waals surface area contributed by atoms with E-state index in [0.29, 0.717) is 11.6 Å². The van der Waals surface area contributed by atoms with Gasteiger partial charge in [-0.05, 0) is 58.9 Å². The molecule has 0 fully saturated rings. The summed E-state index contributed by atoms with van der Waals surface area (Å²) in [5.74, 6) is 8.25. The number of aromatic nitrogens is 4. The maximum absolute atomic E-state index is 6.58. The van der Waals surface area contributed by atoms with Crippen molar-refractivity contribution in [1.82, 2.24) is 19.5 Å². The Labute approximate surface area is 364 Å². The molecule has 1 radical (unpaired) electrons. The predicted octanol–water partition coefficient (Wildman–Crippen LogP) is 13.3. The number of nitrogens with zero attached hydrogens (tertiary/aromatic N) is 4. The van der Waals surface area contributed by atoms with Crippen LogP contribution in [0, 0.1) is 19.1 Å². The van der Waals surface area contributed by atoms with Crippen molar-refractivity contribution in [2.24, 2.45) is 0 Å². The molecule has 59 heavy (non-hydrogen) atoms. The van der Waals surface area contributed by atoms with Gasteiger partial charge in [-0.3, -0.25) is 4.98 Å². The second kappa shape index (κ2) is 16.8. The second-order valence-corrected chi connectivity index (χ2v) is 28.1. The monoisotopic (exact) mass is 1010 g/mol. The van der Waals surface area contributed by atoms with Crippen molar-refractivity contribution < 1.29 is 24.5 Å². The van der Waals surface area contributed by atoms with Crippen molar-refractivity contribution in [3.05, 3.63) is 163 Å². The molecule has 0 atom stereocenters. The second-order valence-electron chi connectivity index (χ2n) is 17.5. The molecule has 9 rings (SSSR count). The molecule has 0 aliphatic rings. The molecule has 5 aromatic carbocycles. The van der Waals surface area contributed by atoms with E-state index in [-0.39, 0.29) is 25.5 Å². The first-order chi connectivity index (χ1) is 27.8. The van der Waals surface area contributed by atoms with Gasteiger partial charge in [0.05, 0.1) is 22.4 Å². The Morgan fingerprint density at radius 2 is 1.53 bits per heavy atom. The molecule has 7 heteroatoms. The van der Waals surface area contributed by atoms with E-state index < -0.39 is 13.3 Å². The van der Waals surface area contributed by atoms with E-state index in [9.17, 15) is 0 Å². The van der Waals surface area contributed by atoms with Crippen LogP contribution in [0.3, 0.4) is 0 Å². The number of rotatable bonds is 6. The van der Waals surface area contributed by atoms with E-state index in [4.69, 9.17) is 14.4 Å². The van der Waals surface area contributed by atoms with Crippen LogP contribution in [0.1, 0.15) is 57.4 Å². The summed E-state index contributed by atoms with van der Waals surface area (Å²) >= 11 is -1.72. The Bertz CT molecular complexity index is 2880. The summed E-state index contributed by atoms with van der Waals surface area (Å²) in [4.78, 5) is 14.6. The normalized spacial score (nSPS) is 11.8. The number of hydrogen-bond donors (Lipinski definition) is 0. The summed E-state index contributed by atoms with van der Waals surface area (Å²) in [7, 11) is 0. The van der Waals surface area contributed by atoms with Gasteiger partial charge in [-0.25, -0.2) is 4.98 Å². The van der Waals surface area contributed by atoms with Crippen LogP contribution in [-0.2, 0) is 25.5 Å². The van der Waals surface area contributed by atoms with Gasteiger partial charge in [0.25, 0.3) is 0 Å². The van der Waals surface area contributed by atoms with Gasteiger partial charge in [0.2, 0.25) is 5.71 Å². The molecule has 5 nitrogen and oxygen atoms in total. The summed E-state index contributed by atoms with van der Waals surface area (Å²) in [6, 6.07) is 51.1. The molecule has 0 spiro atoms. The van der Waals surface area contributed by atoms with E-state index in [0.717, 1.165) is 78.1 Å². The third kappa shape index (κ3) is 8.50. The number of hydrogen-bond acceptors (Lipinski definition) is 4. The number of imidazole rings is 1. The number of benzene rings is 5. The van der Waals surface area contributed by atoms with Crippen molar-refractivity contribution in [2.75, 3.05) is 0 Å². The number of aryl methyl sites for hydroxylation is 1. The summed E-state index contributed by atoms with van der Waals surface area (Å²) in [5.41, 5.74) is 13.1. The summed E-state index contributed by atoms with van der Waals surface area (Å²) < 4.78 is 10.3. The average molecular weight is 1010 g/mol. The van der Waals surface area contributed by atoms with Crippen LogP contribution in [0.15, 0.2) is 138 Å². The molecule has 0 amide bonds. The minimum absolute atomic E-state index is 0. The minimum atomic E-state index is -1.72. The Morgan fingerprint density at radius 3 is 2.20 bits per heavy atom.